The number of carbonyl (C=O) groups is 2. The van der Waals surface area contributed by atoms with Gasteiger partial charge < -0.3 is 15.0 Å². The molecule has 0 aliphatic heterocycles. The average Bonchev–Trinajstić information content (AvgIpc) is 2.72. The van der Waals surface area contributed by atoms with Crippen LogP contribution >= 0.6 is 23.2 Å². The Labute approximate surface area is 194 Å². The third kappa shape index (κ3) is 7.44. The molecule has 7 heteroatoms. The minimum Gasteiger partial charge on any atom is -0.482 e. The van der Waals surface area contributed by atoms with Crippen molar-refractivity contribution in [3.63, 3.8) is 0 Å². The molecule has 0 bridgehead atoms. The summed E-state index contributed by atoms with van der Waals surface area (Å²) in [6, 6.07) is 12.1. The van der Waals surface area contributed by atoms with E-state index >= 15 is 0 Å². The summed E-state index contributed by atoms with van der Waals surface area (Å²) < 4.78 is 5.66. The van der Waals surface area contributed by atoms with Gasteiger partial charge in [-0.15, -0.1) is 0 Å². The van der Waals surface area contributed by atoms with Crippen molar-refractivity contribution >= 4 is 35.0 Å². The Morgan fingerprint density at radius 3 is 2.45 bits per heavy atom. The van der Waals surface area contributed by atoms with Crippen molar-refractivity contribution in [2.75, 3.05) is 6.61 Å². The average molecular weight is 465 g/mol. The van der Waals surface area contributed by atoms with Crippen LogP contribution in [0.5, 0.6) is 5.75 Å². The first-order chi connectivity index (χ1) is 14.7. The van der Waals surface area contributed by atoms with Crippen molar-refractivity contribution in [1.29, 1.82) is 0 Å². The fraction of sp³-hybridized carbons (Fsp3) is 0.417. The van der Waals surface area contributed by atoms with Crippen LogP contribution in [0.1, 0.15) is 44.7 Å². The van der Waals surface area contributed by atoms with E-state index in [-0.39, 0.29) is 24.5 Å². The van der Waals surface area contributed by atoms with Crippen molar-refractivity contribution in [2.24, 2.45) is 0 Å². The van der Waals surface area contributed by atoms with E-state index in [0.29, 0.717) is 28.8 Å². The van der Waals surface area contributed by atoms with Crippen LogP contribution in [0.2, 0.25) is 10.0 Å². The molecule has 0 fully saturated rings. The number of halogens is 2. The van der Waals surface area contributed by atoms with E-state index < -0.39 is 6.04 Å². The van der Waals surface area contributed by atoms with E-state index in [2.05, 4.69) is 5.32 Å². The summed E-state index contributed by atoms with van der Waals surface area (Å²) in [5.41, 5.74) is 2.04. The lowest BCUT2D eigenvalue weighted by Gasteiger charge is -2.31. The molecule has 2 aromatic carbocycles. The van der Waals surface area contributed by atoms with Crippen molar-refractivity contribution < 1.29 is 14.3 Å². The predicted octanol–water partition coefficient (Wildman–Crippen LogP) is 5.40. The van der Waals surface area contributed by atoms with E-state index in [0.717, 1.165) is 17.5 Å². The SMILES string of the molecule is CC[C@@H](C)NC(=O)[C@@H](CC)N(Cc1cccc(C)c1)C(=O)COc1ccc(Cl)cc1Cl. The van der Waals surface area contributed by atoms with Gasteiger partial charge in [-0.3, -0.25) is 9.59 Å². The molecule has 31 heavy (non-hydrogen) atoms. The van der Waals surface area contributed by atoms with Gasteiger partial charge in [0, 0.05) is 17.6 Å². The number of hydrogen-bond donors (Lipinski definition) is 1. The standard InChI is InChI=1S/C24H30Cl2N2O3/c1-5-17(4)27-24(30)21(6-2)28(14-18-9-7-8-16(3)12-18)23(29)15-31-22-11-10-19(25)13-20(22)26/h7-13,17,21H,5-6,14-15H2,1-4H3,(H,27,30)/t17-,21-/m1/s1. The van der Waals surface area contributed by atoms with E-state index in [9.17, 15) is 9.59 Å². The fourth-order valence-electron chi connectivity index (χ4n) is 3.18. The molecule has 1 N–H and O–H groups in total. The van der Waals surface area contributed by atoms with E-state index in [4.69, 9.17) is 27.9 Å². The summed E-state index contributed by atoms with van der Waals surface area (Å²) in [5.74, 6) is -0.0897. The Balaban J connectivity index is 2.23. The van der Waals surface area contributed by atoms with Gasteiger partial charge in [0.05, 0.1) is 5.02 Å². The first kappa shape index (κ1) is 25.0. The molecule has 2 amide bonds. The van der Waals surface area contributed by atoms with Gasteiger partial charge in [-0.1, -0.05) is 66.9 Å². The number of aryl methyl sites for hydroxylation is 1. The molecule has 0 aromatic heterocycles. The second kappa shape index (κ2) is 12.0. The van der Waals surface area contributed by atoms with E-state index in [1.807, 2.05) is 52.0 Å². The first-order valence-corrected chi connectivity index (χ1v) is 11.2. The molecule has 0 heterocycles. The van der Waals surface area contributed by atoms with Gasteiger partial charge in [-0.05, 0) is 50.5 Å². The lowest BCUT2D eigenvalue weighted by molar-refractivity contribution is -0.143. The monoisotopic (exact) mass is 464 g/mol. The number of ether oxygens (including phenoxy) is 1. The number of amides is 2. The molecular weight excluding hydrogens is 435 g/mol. The number of carbonyl (C=O) groups excluding carboxylic acids is 2. The molecule has 0 aliphatic rings. The van der Waals surface area contributed by atoms with Crippen LogP contribution in [0.15, 0.2) is 42.5 Å². The summed E-state index contributed by atoms with van der Waals surface area (Å²) in [4.78, 5) is 27.7. The highest BCUT2D eigenvalue weighted by Crippen LogP contribution is 2.27. The Morgan fingerprint density at radius 2 is 1.84 bits per heavy atom. The molecule has 0 aliphatic carbocycles. The highest BCUT2D eigenvalue weighted by Gasteiger charge is 2.29. The summed E-state index contributed by atoms with van der Waals surface area (Å²) in [5, 5.41) is 3.80. The smallest absolute Gasteiger partial charge is 0.261 e. The van der Waals surface area contributed by atoms with Crippen molar-refractivity contribution in [2.45, 2.75) is 59.2 Å². The molecule has 0 radical (unpaired) electrons. The minimum atomic E-state index is -0.605. The number of hydrogen-bond acceptors (Lipinski definition) is 3. The van der Waals surface area contributed by atoms with Gasteiger partial charge in [0.1, 0.15) is 11.8 Å². The Kier molecular flexibility index (Phi) is 9.66. The van der Waals surface area contributed by atoms with Crippen molar-refractivity contribution in [3.05, 3.63) is 63.6 Å². The summed E-state index contributed by atoms with van der Waals surface area (Å²) >= 11 is 12.1. The Hall–Kier alpha value is -2.24. The highest BCUT2D eigenvalue weighted by molar-refractivity contribution is 6.35. The molecule has 0 spiro atoms. The van der Waals surface area contributed by atoms with Crippen molar-refractivity contribution in [3.8, 4) is 5.75 Å². The lowest BCUT2D eigenvalue weighted by atomic mass is 10.1. The molecule has 5 nitrogen and oxygen atoms in total. The highest BCUT2D eigenvalue weighted by atomic mass is 35.5. The van der Waals surface area contributed by atoms with Crippen LogP contribution in [0.25, 0.3) is 0 Å². The largest absolute Gasteiger partial charge is 0.482 e. The number of nitrogens with one attached hydrogen (secondary N) is 1. The first-order valence-electron chi connectivity index (χ1n) is 10.5. The van der Waals surface area contributed by atoms with Crippen LogP contribution in [-0.2, 0) is 16.1 Å². The number of rotatable bonds is 10. The van der Waals surface area contributed by atoms with Gasteiger partial charge in [0.2, 0.25) is 5.91 Å². The lowest BCUT2D eigenvalue weighted by Crippen LogP contribution is -2.51. The zero-order valence-corrected chi connectivity index (χ0v) is 20.0. The molecular formula is C24H30Cl2N2O3. The Bertz CT molecular complexity index is 904. The molecule has 168 valence electrons. The van der Waals surface area contributed by atoms with E-state index in [1.54, 1.807) is 23.1 Å². The number of benzene rings is 2. The molecule has 2 atom stereocenters. The molecule has 0 saturated carbocycles. The summed E-state index contributed by atoms with van der Waals surface area (Å²) in [6.45, 7) is 7.92. The van der Waals surface area contributed by atoms with Crippen LogP contribution < -0.4 is 10.1 Å². The van der Waals surface area contributed by atoms with Gasteiger partial charge in [-0.2, -0.15) is 0 Å². The minimum absolute atomic E-state index is 0.0293. The van der Waals surface area contributed by atoms with Gasteiger partial charge in [0.25, 0.3) is 5.91 Å². The molecule has 0 saturated heterocycles. The van der Waals surface area contributed by atoms with Crippen molar-refractivity contribution in [1.82, 2.24) is 10.2 Å². The maximum atomic E-state index is 13.2. The predicted molar refractivity (Wildman–Crippen MR) is 126 cm³/mol. The number of nitrogens with zero attached hydrogens (tertiary/aromatic N) is 1. The zero-order valence-electron chi connectivity index (χ0n) is 18.5. The fourth-order valence-corrected chi connectivity index (χ4v) is 3.65. The molecule has 0 unspecified atom stereocenters. The molecule has 2 aromatic rings. The third-order valence-electron chi connectivity index (χ3n) is 5.07. The van der Waals surface area contributed by atoms with Gasteiger partial charge in [-0.25, -0.2) is 0 Å². The second-order valence-corrected chi connectivity index (χ2v) is 8.46. The van der Waals surface area contributed by atoms with E-state index in [1.165, 1.54) is 0 Å². The zero-order chi connectivity index (χ0) is 23.0. The second-order valence-electron chi connectivity index (χ2n) is 7.62. The summed E-state index contributed by atoms with van der Waals surface area (Å²) in [6.07, 6.45) is 1.30. The van der Waals surface area contributed by atoms with Crippen LogP contribution in [0, 0.1) is 6.92 Å². The normalized spacial score (nSPS) is 12.7. The quantitative estimate of drug-likeness (QED) is 0.511. The maximum absolute atomic E-state index is 13.2. The summed E-state index contributed by atoms with van der Waals surface area (Å²) in [7, 11) is 0. The van der Waals surface area contributed by atoms with Crippen LogP contribution in [0.3, 0.4) is 0 Å². The Morgan fingerprint density at radius 1 is 1.10 bits per heavy atom. The van der Waals surface area contributed by atoms with Gasteiger partial charge in [0.15, 0.2) is 6.61 Å². The maximum Gasteiger partial charge on any atom is 0.261 e. The van der Waals surface area contributed by atoms with Crippen LogP contribution in [-0.4, -0.2) is 35.4 Å². The van der Waals surface area contributed by atoms with Gasteiger partial charge >= 0.3 is 0 Å². The topological polar surface area (TPSA) is 58.6 Å². The third-order valence-corrected chi connectivity index (χ3v) is 5.60. The molecule has 2 rings (SSSR count). The van der Waals surface area contributed by atoms with Crippen LogP contribution in [0.4, 0.5) is 0 Å².